The zero-order valence-corrected chi connectivity index (χ0v) is 16.7. The maximum Gasteiger partial charge on any atom is 0.338 e. The molecule has 0 fully saturated rings. The van der Waals surface area contributed by atoms with Crippen LogP contribution < -0.4 is 5.32 Å². The number of hydrogen-bond donors (Lipinski definition) is 1. The molecule has 2 aromatic heterocycles. The zero-order chi connectivity index (χ0) is 19.4. The van der Waals surface area contributed by atoms with Crippen molar-refractivity contribution in [1.29, 1.82) is 0 Å². The van der Waals surface area contributed by atoms with Crippen LogP contribution in [0.15, 0.2) is 47.1 Å². The summed E-state index contributed by atoms with van der Waals surface area (Å²) in [6.45, 7) is 4.21. The van der Waals surface area contributed by atoms with Crippen LogP contribution in [0.4, 0.5) is 5.69 Å². The second-order valence-electron chi connectivity index (χ2n) is 6.15. The number of esters is 1. The SMILES string of the molecule is CCCCOC(=O)c1cccc(NC(=O)c2c(C)nc3ccc(Br)cn23)c1. The minimum atomic E-state index is -0.394. The number of hydrogen-bond acceptors (Lipinski definition) is 4. The lowest BCUT2D eigenvalue weighted by Crippen LogP contribution is -2.16. The summed E-state index contributed by atoms with van der Waals surface area (Å²) in [6.07, 6.45) is 3.58. The molecule has 1 aromatic carbocycles. The number of benzene rings is 1. The molecule has 6 nitrogen and oxygen atoms in total. The molecule has 0 aliphatic heterocycles. The Morgan fingerprint density at radius 2 is 2.07 bits per heavy atom. The summed E-state index contributed by atoms with van der Waals surface area (Å²) in [7, 11) is 0. The second kappa shape index (κ2) is 8.35. The number of halogens is 1. The molecule has 3 aromatic rings. The van der Waals surface area contributed by atoms with Crippen LogP contribution in [0.25, 0.3) is 5.65 Å². The lowest BCUT2D eigenvalue weighted by molar-refractivity contribution is 0.0499. The van der Waals surface area contributed by atoms with E-state index in [4.69, 9.17) is 4.74 Å². The summed E-state index contributed by atoms with van der Waals surface area (Å²) in [4.78, 5) is 29.3. The molecule has 140 valence electrons. The highest BCUT2D eigenvalue weighted by atomic mass is 79.9. The van der Waals surface area contributed by atoms with Crippen molar-refractivity contribution >= 4 is 39.1 Å². The lowest BCUT2D eigenvalue weighted by Gasteiger charge is -2.08. The number of pyridine rings is 1. The number of nitrogens with zero attached hydrogens (tertiary/aromatic N) is 2. The third kappa shape index (κ3) is 4.36. The molecule has 0 aliphatic rings. The molecule has 3 rings (SSSR count). The molecule has 0 bridgehead atoms. The van der Waals surface area contributed by atoms with Gasteiger partial charge in [-0.05, 0) is 59.6 Å². The number of anilines is 1. The predicted octanol–water partition coefficient (Wildman–Crippen LogP) is 4.61. The Balaban J connectivity index is 1.81. The Hall–Kier alpha value is -2.67. The third-order valence-corrected chi connectivity index (χ3v) is 4.53. The van der Waals surface area contributed by atoms with Crippen molar-refractivity contribution in [3.8, 4) is 0 Å². The molecule has 27 heavy (non-hydrogen) atoms. The maximum absolute atomic E-state index is 12.8. The van der Waals surface area contributed by atoms with Crippen LogP contribution in [0.2, 0.25) is 0 Å². The largest absolute Gasteiger partial charge is 0.462 e. The lowest BCUT2D eigenvalue weighted by atomic mass is 10.2. The number of nitrogens with one attached hydrogen (secondary N) is 1. The van der Waals surface area contributed by atoms with E-state index >= 15 is 0 Å². The van der Waals surface area contributed by atoms with E-state index in [1.165, 1.54) is 0 Å². The first-order valence-corrected chi connectivity index (χ1v) is 9.51. The van der Waals surface area contributed by atoms with E-state index < -0.39 is 5.97 Å². The van der Waals surface area contributed by atoms with Crippen LogP contribution in [-0.2, 0) is 4.74 Å². The number of imidazole rings is 1. The van der Waals surface area contributed by atoms with Gasteiger partial charge in [0.15, 0.2) is 0 Å². The molecule has 2 heterocycles. The molecular weight excluding hydrogens is 410 g/mol. The Kier molecular flexibility index (Phi) is 5.91. The van der Waals surface area contributed by atoms with Crippen LogP contribution in [0.1, 0.15) is 46.3 Å². The fourth-order valence-corrected chi connectivity index (χ4v) is 3.05. The van der Waals surface area contributed by atoms with Crippen LogP contribution >= 0.6 is 15.9 Å². The van der Waals surface area contributed by atoms with Crippen molar-refractivity contribution in [2.24, 2.45) is 0 Å². The standard InChI is InChI=1S/C20H20BrN3O3/c1-3-4-10-27-20(26)14-6-5-7-16(11-14)23-19(25)18-13(2)22-17-9-8-15(21)12-24(17)18/h5-9,11-12H,3-4,10H2,1-2H3,(H,23,25). The zero-order valence-electron chi connectivity index (χ0n) is 15.2. The predicted molar refractivity (Wildman–Crippen MR) is 107 cm³/mol. The van der Waals surface area contributed by atoms with Gasteiger partial charge in [0.1, 0.15) is 11.3 Å². The van der Waals surface area contributed by atoms with Gasteiger partial charge in [-0.15, -0.1) is 0 Å². The van der Waals surface area contributed by atoms with E-state index in [-0.39, 0.29) is 5.91 Å². The van der Waals surface area contributed by atoms with Gasteiger partial charge in [0, 0.05) is 16.4 Å². The third-order valence-electron chi connectivity index (χ3n) is 4.06. The van der Waals surface area contributed by atoms with Gasteiger partial charge in [-0.2, -0.15) is 0 Å². The summed E-state index contributed by atoms with van der Waals surface area (Å²) in [5.41, 5.74) is 2.69. The van der Waals surface area contributed by atoms with E-state index in [1.807, 2.05) is 19.1 Å². The molecule has 1 N–H and O–H groups in total. The number of aromatic nitrogens is 2. The van der Waals surface area contributed by atoms with E-state index in [0.29, 0.717) is 34.9 Å². The normalized spacial score (nSPS) is 10.8. The summed E-state index contributed by atoms with van der Waals surface area (Å²) in [5.74, 6) is -0.691. The van der Waals surface area contributed by atoms with E-state index in [0.717, 1.165) is 17.3 Å². The van der Waals surface area contributed by atoms with E-state index in [2.05, 4.69) is 26.2 Å². The monoisotopic (exact) mass is 429 g/mol. The van der Waals surface area contributed by atoms with Gasteiger partial charge in [0.05, 0.1) is 17.9 Å². The van der Waals surface area contributed by atoms with Crippen LogP contribution in [0, 0.1) is 6.92 Å². The van der Waals surface area contributed by atoms with E-state index in [1.54, 1.807) is 41.8 Å². The first-order valence-electron chi connectivity index (χ1n) is 8.72. The van der Waals surface area contributed by atoms with Gasteiger partial charge in [0.25, 0.3) is 5.91 Å². The average Bonchev–Trinajstić information content (AvgIpc) is 2.97. The summed E-state index contributed by atoms with van der Waals surface area (Å²) < 4.78 is 7.80. The van der Waals surface area contributed by atoms with Crippen molar-refractivity contribution in [2.75, 3.05) is 11.9 Å². The molecule has 0 unspecified atom stereocenters. The molecule has 0 spiro atoms. The highest BCUT2D eigenvalue weighted by molar-refractivity contribution is 9.10. The van der Waals surface area contributed by atoms with Crippen molar-refractivity contribution in [1.82, 2.24) is 9.38 Å². The van der Waals surface area contributed by atoms with Crippen LogP contribution in [0.3, 0.4) is 0 Å². The molecule has 7 heteroatoms. The summed E-state index contributed by atoms with van der Waals surface area (Å²) in [6, 6.07) is 10.4. The number of carbonyl (C=O) groups is 2. The quantitative estimate of drug-likeness (QED) is 0.458. The molecule has 0 aliphatic carbocycles. The van der Waals surface area contributed by atoms with Crippen molar-refractivity contribution in [2.45, 2.75) is 26.7 Å². The van der Waals surface area contributed by atoms with Gasteiger partial charge in [0.2, 0.25) is 0 Å². The topological polar surface area (TPSA) is 72.7 Å². The summed E-state index contributed by atoms with van der Waals surface area (Å²) in [5, 5.41) is 2.84. The Labute approximate surface area is 165 Å². The highest BCUT2D eigenvalue weighted by Crippen LogP contribution is 2.19. The second-order valence-corrected chi connectivity index (χ2v) is 7.06. The molecule has 1 amide bonds. The van der Waals surface area contributed by atoms with Crippen molar-refractivity contribution in [3.05, 3.63) is 64.0 Å². The van der Waals surface area contributed by atoms with Gasteiger partial charge in [-0.1, -0.05) is 19.4 Å². The molecule has 0 atom stereocenters. The summed E-state index contributed by atoms with van der Waals surface area (Å²) >= 11 is 3.41. The number of aryl methyl sites for hydroxylation is 1. The van der Waals surface area contributed by atoms with Gasteiger partial charge >= 0.3 is 5.97 Å². The number of amides is 1. The number of ether oxygens (including phenoxy) is 1. The molecular formula is C20H20BrN3O3. The first kappa shape index (κ1) is 19.1. The van der Waals surface area contributed by atoms with Crippen molar-refractivity contribution < 1.29 is 14.3 Å². The van der Waals surface area contributed by atoms with Crippen LogP contribution in [-0.4, -0.2) is 27.9 Å². The average molecular weight is 430 g/mol. The smallest absolute Gasteiger partial charge is 0.338 e. The molecule has 0 radical (unpaired) electrons. The van der Waals surface area contributed by atoms with Crippen molar-refractivity contribution in [3.63, 3.8) is 0 Å². The Bertz CT molecular complexity index is 997. The Morgan fingerprint density at radius 3 is 2.85 bits per heavy atom. The fraction of sp³-hybridized carbons (Fsp3) is 0.250. The van der Waals surface area contributed by atoms with Gasteiger partial charge in [-0.25, -0.2) is 9.78 Å². The van der Waals surface area contributed by atoms with Crippen LogP contribution in [0.5, 0.6) is 0 Å². The fourth-order valence-electron chi connectivity index (χ4n) is 2.72. The maximum atomic E-state index is 12.8. The highest BCUT2D eigenvalue weighted by Gasteiger charge is 2.17. The number of unbranched alkanes of at least 4 members (excludes halogenated alkanes) is 1. The molecule has 0 saturated heterocycles. The number of rotatable bonds is 6. The van der Waals surface area contributed by atoms with Gasteiger partial charge < -0.3 is 10.1 Å². The Morgan fingerprint density at radius 1 is 1.26 bits per heavy atom. The van der Waals surface area contributed by atoms with Gasteiger partial charge in [-0.3, -0.25) is 9.20 Å². The van der Waals surface area contributed by atoms with E-state index in [9.17, 15) is 9.59 Å². The minimum absolute atomic E-state index is 0.297. The minimum Gasteiger partial charge on any atom is -0.462 e. The molecule has 0 saturated carbocycles. The number of carbonyl (C=O) groups excluding carboxylic acids is 2. The number of fused-ring (bicyclic) bond motifs is 1. The first-order chi connectivity index (χ1) is 13.0.